The second-order valence-corrected chi connectivity index (χ2v) is 8.63. The first-order valence-corrected chi connectivity index (χ1v) is 10.8. The summed E-state index contributed by atoms with van der Waals surface area (Å²) in [5, 5.41) is 3.37. The van der Waals surface area contributed by atoms with E-state index in [2.05, 4.69) is 57.3 Å². The number of hydrogen-bond donors (Lipinski definition) is 1. The Balaban J connectivity index is 1.83. The summed E-state index contributed by atoms with van der Waals surface area (Å²) in [4.78, 5) is 25.8. The number of hydrogen-bond acceptors (Lipinski definition) is 3. The molecule has 31 heavy (non-hydrogen) atoms. The van der Waals surface area contributed by atoms with Crippen molar-refractivity contribution < 1.29 is 9.59 Å². The molecule has 3 nitrogen and oxygen atoms in total. The number of Topliss-reactive ketones (excluding diaryl/α,β-unsaturated/α-hetero) is 1. The molecule has 3 aromatic rings. The Hall–Kier alpha value is -3.46. The monoisotopic (exact) mass is 409 g/mol. The summed E-state index contributed by atoms with van der Waals surface area (Å²) in [6.45, 7) is 8.60. The van der Waals surface area contributed by atoms with Gasteiger partial charge in [-0.25, -0.2) is 0 Å². The third-order valence-corrected chi connectivity index (χ3v) is 5.77. The number of fused-ring (bicyclic) bond motifs is 1. The number of benzene rings is 3. The topological polar surface area (TPSA) is 46.2 Å². The Labute approximate surface area is 183 Å². The lowest BCUT2D eigenvalue weighted by atomic mass is 9.87. The molecule has 156 valence electrons. The quantitative estimate of drug-likeness (QED) is 0.495. The van der Waals surface area contributed by atoms with E-state index >= 15 is 0 Å². The zero-order valence-corrected chi connectivity index (χ0v) is 18.4. The number of allylic oxidation sites excluding steroid dienone is 2. The Bertz CT molecular complexity index is 1160. The Kier molecular flexibility index (Phi) is 5.60. The predicted molar refractivity (Wildman–Crippen MR) is 127 cm³/mol. The van der Waals surface area contributed by atoms with Crippen molar-refractivity contribution in [1.82, 2.24) is 0 Å². The second kappa shape index (κ2) is 8.35. The largest absolute Gasteiger partial charge is 0.352 e. The van der Waals surface area contributed by atoms with E-state index in [9.17, 15) is 9.59 Å². The lowest BCUT2D eigenvalue weighted by molar-refractivity contribution is 0.0985. The second-order valence-electron chi connectivity index (χ2n) is 8.63. The number of ketones is 2. The minimum atomic E-state index is -0.147. The molecule has 0 aliphatic heterocycles. The van der Waals surface area contributed by atoms with Crippen LogP contribution >= 0.6 is 0 Å². The summed E-state index contributed by atoms with van der Waals surface area (Å²) in [6.07, 6.45) is 1.43. The Morgan fingerprint density at radius 2 is 1.23 bits per heavy atom. The molecule has 3 heteroatoms. The van der Waals surface area contributed by atoms with E-state index < -0.39 is 0 Å². The van der Waals surface area contributed by atoms with Gasteiger partial charge in [-0.3, -0.25) is 9.59 Å². The van der Waals surface area contributed by atoms with Gasteiger partial charge in [-0.1, -0.05) is 82.3 Å². The summed E-state index contributed by atoms with van der Waals surface area (Å²) >= 11 is 0. The molecule has 0 saturated heterocycles. The number of carbonyl (C=O) groups is 2. The van der Waals surface area contributed by atoms with Crippen LogP contribution in [0, 0.1) is 0 Å². The van der Waals surface area contributed by atoms with Gasteiger partial charge in [0.1, 0.15) is 0 Å². The van der Waals surface area contributed by atoms with Gasteiger partial charge < -0.3 is 5.32 Å². The highest BCUT2D eigenvalue weighted by atomic mass is 16.1. The molecule has 0 bridgehead atoms. The summed E-state index contributed by atoms with van der Waals surface area (Å²) in [7, 11) is 0. The first-order valence-electron chi connectivity index (χ1n) is 10.8. The minimum absolute atomic E-state index is 0.143. The van der Waals surface area contributed by atoms with Crippen LogP contribution in [0.5, 0.6) is 0 Å². The van der Waals surface area contributed by atoms with Crippen molar-refractivity contribution in [3.63, 3.8) is 0 Å². The first kappa shape index (κ1) is 20.8. The fourth-order valence-electron chi connectivity index (χ4n) is 4.08. The zero-order chi connectivity index (χ0) is 22.1. The molecule has 0 aromatic heterocycles. The highest BCUT2D eigenvalue weighted by molar-refractivity contribution is 6.25. The van der Waals surface area contributed by atoms with E-state index in [0.29, 0.717) is 16.8 Å². The van der Waals surface area contributed by atoms with Crippen LogP contribution in [0.1, 0.15) is 71.4 Å². The predicted octanol–water partition coefficient (Wildman–Crippen LogP) is 6.98. The van der Waals surface area contributed by atoms with Crippen LogP contribution in [0.25, 0.3) is 11.1 Å². The highest BCUT2D eigenvalue weighted by Crippen LogP contribution is 2.38. The molecule has 0 atom stereocenters. The summed E-state index contributed by atoms with van der Waals surface area (Å²) in [5.74, 6) is 0.194. The van der Waals surface area contributed by atoms with Gasteiger partial charge in [0.15, 0.2) is 5.78 Å². The molecule has 3 aromatic carbocycles. The molecule has 0 fully saturated rings. The number of nitrogens with one attached hydrogen (secondary N) is 1. The lowest BCUT2D eigenvalue weighted by Gasteiger charge is -2.25. The summed E-state index contributed by atoms with van der Waals surface area (Å²) in [5.41, 5.74) is 6.76. The highest BCUT2D eigenvalue weighted by Gasteiger charge is 2.27. The van der Waals surface area contributed by atoms with E-state index in [0.717, 1.165) is 27.9 Å². The fourth-order valence-corrected chi connectivity index (χ4v) is 4.08. The number of carbonyl (C=O) groups excluding carboxylic acids is 2. The standard InChI is InChI=1S/C28H27NO2/c1-17(2)23-14-20(19-10-6-5-7-11-19)15-24(18(3)4)27(23)29-25-16-26(30)21-12-8-9-13-22(21)28(25)31/h5-18,29H,1-4H3. The number of anilines is 1. The molecule has 0 unspecified atom stereocenters. The van der Waals surface area contributed by atoms with Crippen LogP contribution in [0.2, 0.25) is 0 Å². The average Bonchev–Trinajstić information content (AvgIpc) is 2.77. The van der Waals surface area contributed by atoms with Crippen molar-refractivity contribution in [3.8, 4) is 11.1 Å². The van der Waals surface area contributed by atoms with Crippen LogP contribution < -0.4 is 5.32 Å². The van der Waals surface area contributed by atoms with Gasteiger partial charge in [0.05, 0.1) is 5.70 Å². The third kappa shape index (κ3) is 3.96. The van der Waals surface area contributed by atoms with E-state index in [1.54, 1.807) is 24.3 Å². The molecule has 0 spiro atoms. The van der Waals surface area contributed by atoms with Gasteiger partial charge in [-0.05, 0) is 46.2 Å². The molecule has 0 amide bonds. The van der Waals surface area contributed by atoms with Crippen molar-refractivity contribution in [2.75, 3.05) is 5.32 Å². The van der Waals surface area contributed by atoms with E-state index in [1.807, 2.05) is 18.2 Å². The van der Waals surface area contributed by atoms with Crippen LogP contribution in [0.4, 0.5) is 5.69 Å². The molecule has 0 radical (unpaired) electrons. The normalized spacial score (nSPS) is 13.4. The zero-order valence-electron chi connectivity index (χ0n) is 18.4. The van der Waals surface area contributed by atoms with Gasteiger partial charge in [0, 0.05) is 22.9 Å². The lowest BCUT2D eigenvalue weighted by Crippen LogP contribution is -2.22. The Morgan fingerprint density at radius 3 is 1.81 bits per heavy atom. The van der Waals surface area contributed by atoms with E-state index in [1.165, 1.54) is 6.08 Å². The average molecular weight is 410 g/mol. The van der Waals surface area contributed by atoms with Crippen molar-refractivity contribution in [2.24, 2.45) is 0 Å². The van der Waals surface area contributed by atoms with Crippen LogP contribution in [-0.2, 0) is 0 Å². The minimum Gasteiger partial charge on any atom is -0.352 e. The van der Waals surface area contributed by atoms with Gasteiger partial charge in [-0.15, -0.1) is 0 Å². The SMILES string of the molecule is CC(C)c1cc(-c2ccccc2)cc(C(C)C)c1NC1=CC(=O)c2ccccc2C1=O. The van der Waals surface area contributed by atoms with Gasteiger partial charge in [-0.2, -0.15) is 0 Å². The fraction of sp³-hybridized carbons (Fsp3) is 0.214. The third-order valence-electron chi connectivity index (χ3n) is 5.77. The van der Waals surface area contributed by atoms with E-state index in [4.69, 9.17) is 0 Å². The molecular weight excluding hydrogens is 382 g/mol. The van der Waals surface area contributed by atoms with Crippen LogP contribution in [0.15, 0.2) is 78.5 Å². The van der Waals surface area contributed by atoms with Crippen molar-refractivity contribution in [3.05, 3.63) is 101 Å². The summed E-state index contributed by atoms with van der Waals surface area (Å²) < 4.78 is 0. The first-order chi connectivity index (χ1) is 14.9. The Morgan fingerprint density at radius 1 is 0.677 bits per heavy atom. The van der Waals surface area contributed by atoms with Gasteiger partial charge >= 0.3 is 0 Å². The molecule has 0 heterocycles. The molecule has 4 rings (SSSR count). The van der Waals surface area contributed by atoms with Crippen molar-refractivity contribution in [2.45, 2.75) is 39.5 Å². The molecular formula is C28H27NO2. The molecule has 1 aliphatic carbocycles. The van der Waals surface area contributed by atoms with Crippen LogP contribution in [0.3, 0.4) is 0 Å². The molecule has 0 saturated carbocycles. The van der Waals surface area contributed by atoms with Crippen molar-refractivity contribution >= 4 is 17.3 Å². The van der Waals surface area contributed by atoms with Gasteiger partial charge in [0.2, 0.25) is 5.78 Å². The van der Waals surface area contributed by atoms with Crippen molar-refractivity contribution in [1.29, 1.82) is 0 Å². The number of rotatable bonds is 5. The maximum Gasteiger partial charge on any atom is 0.210 e. The molecule has 1 aliphatic rings. The molecule has 1 N–H and O–H groups in total. The summed E-state index contributed by atoms with van der Waals surface area (Å²) in [6, 6.07) is 21.7. The maximum atomic E-state index is 13.1. The van der Waals surface area contributed by atoms with Crippen LogP contribution in [-0.4, -0.2) is 11.6 Å². The smallest absolute Gasteiger partial charge is 0.210 e. The maximum absolute atomic E-state index is 13.1. The van der Waals surface area contributed by atoms with E-state index in [-0.39, 0.29) is 23.4 Å². The van der Waals surface area contributed by atoms with Gasteiger partial charge in [0.25, 0.3) is 0 Å².